The van der Waals surface area contributed by atoms with Gasteiger partial charge in [0.25, 0.3) is 0 Å². The van der Waals surface area contributed by atoms with Crippen LogP contribution in [0.3, 0.4) is 0 Å². The summed E-state index contributed by atoms with van der Waals surface area (Å²) in [5.74, 6) is 1.94. The molecule has 8 aromatic carbocycles. The average Bonchev–Trinajstić information content (AvgIpc) is 3.65. The van der Waals surface area contributed by atoms with Crippen LogP contribution in [0.2, 0.25) is 0 Å². The molecule has 1 aliphatic rings. The van der Waals surface area contributed by atoms with E-state index in [0.717, 1.165) is 67.8 Å². The van der Waals surface area contributed by atoms with E-state index in [1.165, 1.54) is 37.9 Å². The fourth-order valence-electron chi connectivity index (χ4n) is 8.30. The standard InChI is InChI=1S/C51H33N3O/c1-3-12-32(13-4-1)33-22-24-35(25-23-33)50-52-49(34-14-5-2-6-15-34)53-51(54-50)45-21-11-20-44-43-29-27-37(31-47(43)55-48(44)45)36-26-28-42-40-18-8-7-16-38(40)39-17-9-10-19-41(39)46(42)30-36/h1-10,12-20,22-31H,11,21H2. The van der Waals surface area contributed by atoms with Crippen molar-refractivity contribution < 1.29 is 4.42 Å². The SMILES string of the molecule is C1=c2c(oc3cc(-c4ccc5c6ccccc6c6ccccc6c5c4)ccc23)=C(c2nc(-c3ccccc3)nc(-c3ccc(-c4ccccc4)cc3)n2)CC1. The van der Waals surface area contributed by atoms with E-state index in [9.17, 15) is 0 Å². The lowest BCUT2D eigenvalue weighted by molar-refractivity contribution is 0.567. The van der Waals surface area contributed by atoms with Gasteiger partial charge in [0, 0.05) is 27.3 Å². The Morgan fingerprint density at radius 3 is 1.47 bits per heavy atom. The third-order valence-electron chi connectivity index (χ3n) is 11.0. The summed E-state index contributed by atoms with van der Waals surface area (Å²) in [4.78, 5) is 15.2. The van der Waals surface area contributed by atoms with Crippen molar-refractivity contribution in [2.75, 3.05) is 0 Å². The van der Waals surface area contributed by atoms with Crippen LogP contribution in [0.15, 0.2) is 174 Å². The number of nitrogens with zero attached hydrogens (tertiary/aromatic N) is 3. The molecule has 11 rings (SSSR count). The van der Waals surface area contributed by atoms with Crippen LogP contribution in [0.1, 0.15) is 18.7 Å². The summed E-state index contributed by atoms with van der Waals surface area (Å²) in [6, 6.07) is 59.9. The molecule has 0 N–H and O–H groups in total. The Kier molecular flexibility index (Phi) is 7.27. The minimum absolute atomic E-state index is 0.641. The molecule has 0 radical (unpaired) electrons. The lowest BCUT2D eigenvalue weighted by atomic mass is 9.92. The van der Waals surface area contributed by atoms with E-state index in [-0.39, 0.29) is 0 Å². The number of rotatable bonds is 5. The van der Waals surface area contributed by atoms with Gasteiger partial charge in [-0.25, -0.2) is 15.0 Å². The van der Waals surface area contributed by atoms with Gasteiger partial charge in [-0.15, -0.1) is 0 Å². The van der Waals surface area contributed by atoms with Crippen molar-refractivity contribution in [1.82, 2.24) is 15.0 Å². The highest BCUT2D eigenvalue weighted by atomic mass is 16.3. The highest BCUT2D eigenvalue weighted by Gasteiger charge is 2.20. The van der Waals surface area contributed by atoms with Crippen molar-refractivity contribution in [1.29, 1.82) is 0 Å². The van der Waals surface area contributed by atoms with Gasteiger partial charge < -0.3 is 4.42 Å². The van der Waals surface area contributed by atoms with Gasteiger partial charge in [-0.1, -0.05) is 158 Å². The first kappa shape index (κ1) is 31.4. The Morgan fingerprint density at radius 2 is 0.818 bits per heavy atom. The van der Waals surface area contributed by atoms with Crippen molar-refractivity contribution in [2.24, 2.45) is 0 Å². The van der Waals surface area contributed by atoms with Crippen LogP contribution in [0.4, 0.5) is 0 Å². The highest BCUT2D eigenvalue weighted by Crippen LogP contribution is 2.37. The Labute approximate surface area is 317 Å². The molecule has 2 aromatic heterocycles. The Hall–Kier alpha value is -7.17. The summed E-state index contributed by atoms with van der Waals surface area (Å²) < 4.78 is 6.82. The van der Waals surface area contributed by atoms with Crippen LogP contribution in [-0.4, -0.2) is 15.0 Å². The van der Waals surface area contributed by atoms with Crippen LogP contribution in [0.5, 0.6) is 0 Å². The molecule has 0 aliphatic heterocycles. The monoisotopic (exact) mass is 703 g/mol. The predicted molar refractivity (Wildman–Crippen MR) is 226 cm³/mol. The van der Waals surface area contributed by atoms with Crippen molar-refractivity contribution in [3.63, 3.8) is 0 Å². The zero-order valence-electron chi connectivity index (χ0n) is 29.9. The molecule has 0 saturated carbocycles. The molecule has 2 heterocycles. The Balaban J connectivity index is 1.05. The number of benzene rings is 8. The molecule has 10 aromatic rings. The number of furan rings is 1. The molecule has 0 fully saturated rings. The fourth-order valence-corrected chi connectivity index (χ4v) is 8.30. The number of hydrogen-bond acceptors (Lipinski definition) is 4. The van der Waals surface area contributed by atoms with Gasteiger partial charge in [-0.05, 0) is 85.6 Å². The quantitative estimate of drug-likeness (QED) is 0.167. The lowest BCUT2D eigenvalue weighted by Crippen LogP contribution is -2.27. The van der Waals surface area contributed by atoms with Crippen LogP contribution in [-0.2, 0) is 0 Å². The Bertz CT molecular complexity index is 3200. The molecule has 0 bridgehead atoms. The molecule has 0 spiro atoms. The smallest absolute Gasteiger partial charge is 0.164 e. The van der Waals surface area contributed by atoms with Gasteiger partial charge >= 0.3 is 0 Å². The van der Waals surface area contributed by atoms with E-state index in [1.807, 2.05) is 36.4 Å². The molecule has 4 nitrogen and oxygen atoms in total. The summed E-state index contributed by atoms with van der Waals surface area (Å²) in [6.45, 7) is 0. The number of hydrogen-bond donors (Lipinski definition) is 0. The fraction of sp³-hybridized carbons (Fsp3) is 0.0392. The van der Waals surface area contributed by atoms with Crippen molar-refractivity contribution in [3.8, 4) is 45.0 Å². The molecule has 4 heteroatoms. The van der Waals surface area contributed by atoms with E-state index >= 15 is 0 Å². The van der Waals surface area contributed by atoms with Crippen molar-refractivity contribution in [2.45, 2.75) is 12.8 Å². The van der Waals surface area contributed by atoms with E-state index in [2.05, 4.69) is 140 Å². The molecular formula is C51H33N3O. The molecular weight excluding hydrogens is 671 g/mol. The predicted octanol–water partition coefficient (Wildman–Crippen LogP) is 11.5. The maximum absolute atomic E-state index is 6.82. The summed E-state index contributed by atoms with van der Waals surface area (Å²) in [6.07, 6.45) is 3.94. The number of fused-ring (bicyclic) bond motifs is 9. The average molecular weight is 704 g/mol. The maximum atomic E-state index is 6.82. The molecule has 258 valence electrons. The third-order valence-corrected chi connectivity index (χ3v) is 11.0. The minimum atomic E-state index is 0.641. The Morgan fingerprint density at radius 1 is 0.364 bits per heavy atom. The van der Waals surface area contributed by atoms with Gasteiger partial charge in [0.1, 0.15) is 11.0 Å². The second kappa shape index (κ2) is 12.8. The molecule has 1 aliphatic carbocycles. The summed E-state index contributed by atoms with van der Waals surface area (Å²) in [5, 5.41) is 9.82. The summed E-state index contributed by atoms with van der Waals surface area (Å²) >= 11 is 0. The van der Waals surface area contributed by atoms with E-state index < -0.39 is 0 Å². The van der Waals surface area contributed by atoms with Gasteiger partial charge in [0.15, 0.2) is 17.5 Å². The maximum Gasteiger partial charge on any atom is 0.164 e. The molecule has 0 atom stereocenters. The molecule has 55 heavy (non-hydrogen) atoms. The molecule has 0 unspecified atom stereocenters. The third kappa shape index (κ3) is 5.33. The normalized spacial score (nSPS) is 12.7. The van der Waals surface area contributed by atoms with Gasteiger partial charge in [0.05, 0.1) is 0 Å². The number of aromatic nitrogens is 3. The first-order chi connectivity index (χ1) is 27.2. The summed E-state index contributed by atoms with van der Waals surface area (Å²) in [7, 11) is 0. The highest BCUT2D eigenvalue weighted by molar-refractivity contribution is 6.25. The van der Waals surface area contributed by atoms with Crippen LogP contribution in [0.25, 0.3) is 100.0 Å². The van der Waals surface area contributed by atoms with Crippen LogP contribution in [0, 0.1) is 0 Å². The van der Waals surface area contributed by atoms with E-state index in [0.29, 0.717) is 17.5 Å². The van der Waals surface area contributed by atoms with Crippen molar-refractivity contribution in [3.05, 3.63) is 186 Å². The lowest BCUT2D eigenvalue weighted by Gasteiger charge is -2.12. The van der Waals surface area contributed by atoms with Crippen molar-refractivity contribution >= 4 is 54.9 Å². The van der Waals surface area contributed by atoms with E-state index in [4.69, 9.17) is 19.4 Å². The molecule has 0 saturated heterocycles. The second-order valence-electron chi connectivity index (χ2n) is 14.2. The first-order valence-electron chi connectivity index (χ1n) is 18.8. The minimum Gasteiger partial charge on any atom is -0.456 e. The van der Waals surface area contributed by atoms with Gasteiger partial charge in [-0.3, -0.25) is 0 Å². The largest absolute Gasteiger partial charge is 0.456 e. The second-order valence-corrected chi connectivity index (χ2v) is 14.2. The first-order valence-corrected chi connectivity index (χ1v) is 18.8. The van der Waals surface area contributed by atoms with Gasteiger partial charge in [0.2, 0.25) is 0 Å². The zero-order chi connectivity index (χ0) is 36.3. The molecule has 0 amide bonds. The van der Waals surface area contributed by atoms with Crippen LogP contribution >= 0.6 is 0 Å². The topological polar surface area (TPSA) is 51.8 Å². The van der Waals surface area contributed by atoms with E-state index in [1.54, 1.807) is 0 Å². The van der Waals surface area contributed by atoms with Gasteiger partial charge in [-0.2, -0.15) is 0 Å². The van der Waals surface area contributed by atoms with Crippen LogP contribution < -0.4 is 10.6 Å². The summed E-state index contributed by atoms with van der Waals surface area (Å²) in [5.41, 5.74) is 9.18. The zero-order valence-corrected chi connectivity index (χ0v) is 29.9.